The molecule has 2 aromatic heterocycles. The van der Waals surface area contributed by atoms with Crippen LogP contribution in [0.4, 0.5) is 0 Å². The molecule has 0 saturated heterocycles. The number of thiophene rings is 1. The Morgan fingerprint density at radius 3 is 2.19 bits per heavy atom. The van der Waals surface area contributed by atoms with Gasteiger partial charge in [-0.15, -0.1) is 11.3 Å². The van der Waals surface area contributed by atoms with E-state index < -0.39 is 25.1 Å². The molecule has 0 fully saturated rings. The smallest absolute Gasteiger partial charge is 0.240 e. The average molecular weight is 490 g/mol. The molecule has 0 bridgehead atoms. The molecule has 166 valence electrons. The highest BCUT2D eigenvalue weighted by molar-refractivity contribution is 7.93. The van der Waals surface area contributed by atoms with Crippen LogP contribution in [-0.2, 0) is 19.9 Å². The molecular formula is C22H19NO6S3. The first-order chi connectivity index (χ1) is 15.4. The zero-order chi connectivity index (χ0) is 22.6. The van der Waals surface area contributed by atoms with Crippen molar-refractivity contribution >= 4 is 31.2 Å². The minimum absolute atomic E-state index is 0.00960. The topological polar surface area (TPSA) is 103 Å². The van der Waals surface area contributed by atoms with E-state index in [4.69, 9.17) is 9.15 Å². The Labute approximate surface area is 190 Å². The predicted molar refractivity (Wildman–Crippen MR) is 121 cm³/mol. The Kier molecular flexibility index (Phi) is 6.47. The zero-order valence-electron chi connectivity index (χ0n) is 16.6. The van der Waals surface area contributed by atoms with E-state index in [9.17, 15) is 16.8 Å². The van der Waals surface area contributed by atoms with E-state index in [-0.39, 0.29) is 21.4 Å². The van der Waals surface area contributed by atoms with Crippen LogP contribution in [0.15, 0.2) is 104 Å². The number of nitrogens with one attached hydrogen (secondary N) is 1. The first-order valence-corrected chi connectivity index (χ1v) is 13.4. The van der Waals surface area contributed by atoms with E-state index >= 15 is 0 Å². The van der Waals surface area contributed by atoms with Gasteiger partial charge in [-0.1, -0.05) is 24.3 Å². The fourth-order valence-electron chi connectivity index (χ4n) is 2.98. The van der Waals surface area contributed by atoms with Crippen molar-refractivity contribution in [1.82, 2.24) is 4.72 Å². The highest BCUT2D eigenvalue weighted by Crippen LogP contribution is 2.32. The fourth-order valence-corrected chi connectivity index (χ4v) is 6.93. The van der Waals surface area contributed by atoms with Gasteiger partial charge in [0.15, 0.2) is 9.84 Å². The van der Waals surface area contributed by atoms with Gasteiger partial charge in [0.25, 0.3) is 0 Å². The quantitative estimate of drug-likeness (QED) is 0.368. The normalized spacial score (nSPS) is 13.0. The van der Waals surface area contributed by atoms with Crippen molar-refractivity contribution in [2.45, 2.75) is 14.4 Å². The Morgan fingerprint density at radius 1 is 0.844 bits per heavy atom. The van der Waals surface area contributed by atoms with Crippen LogP contribution in [0.2, 0.25) is 0 Å². The summed E-state index contributed by atoms with van der Waals surface area (Å²) < 4.78 is 65.3. The molecule has 0 unspecified atom stereocenters. The molecule has 0 amide bonds. The minimum atomic E-state index is -3.97. The third-order valence-electron chi connectivity index (χ3n) is 4.58. The molecule has 10 heteroatoms. The second kappa shape index (κ2) is 9.29. The summed E-state index contributed by atoms with van der Waals surface area (Å²) in [5.41, 5.74) is 0. The number of sulfone groups is 1. The third-order valence-corrected chi connectivity index (χ3v) is 9.51. The molecule has 0 aliphatic rings. The van der Waals surface area contributed by atoms with Gasteiger partial charge in [-0.2, -0.15) is 0 Å². The summed E-state index contributed by atoms with van der Waals surface area (Å²) in [7, 11) is -7.82. The summed E-state index contributed by atoms with van der Waals surface area (Å²) in [6, 6.07) is 21.2. The van der Waals surface area contributed by atoms with Gasteiger partial charge in [0, 0.05) is 6.54 Å². The lowest BCUT2D eigenvalue weighted by Gasteiger charge is -2.16. The predicted octanol–water partition coefficient (Wildman–Crippen LogP) is 4.63. The summed E-state index contributed by atoms with van der Waals surface area (Å²) in [5, 5.41) is 0.446. The van der Waals surface area contributed by atoms with E-state index in [1.54, 1.807) is 29.6 Å². The van der Waals surface area contributed by atoms with E-state index in [2.05, 4.69) is 4.72 Å². The monoisotopic (exact) mass is 489 g/mol. The van der Waals surface area contributed by atoms with Crippen LogP contribution in [0, 0.1) is 0 Å². The number of furan rings is 1. The maximum atomic E-state index is 13.1. The SMILES string of the molecule is O=S(=O)(NC[C@@H](c1ccco1)S(=O)(=O)c1cccs1)c1ccc(Oc2ccccc2)cc1. The number of ether oxygens (including phenoxy) is 1. The first-order valence-electron chi connectivity index (χ1n) is 9.50. The first kappa shape index (κ1) is 22.3. The van der Waals surface area contributed by atoms with Crippen LogP contribution in [0.25, 0.3) is 0 Å². The van der Waals surface area contributed by atoms with Crippen LogP contribution < -0.4 is 9.46 Å². The largest absolute Gasteiger partial charge is 0.468 e. The van der Waals surface area contributed by atoms with Crippen LogP contribution >= 0.6 is 11.3 Å². The van der Waals surface area contributed by atoms with Crippen LogP contribution in [0.1, 0.15) is 11.0 Å². The maximum absolute atomic E-state index is 13.1. The molecule has 4 rings (SSSR count). The van der Waals surface area contributed by atoms with E-state index in [0.717, 1.165) is 11.3 Å². The Balaban J connectivity index is 1.52. The molecule has 32 heavy (non-hydrogen) atoms. The molecule has 0 saturated carbocycles. The van der Waals surface area contributed by atoms with Gasteiger partial charge in [0.05, 0.1) is 11.2 Å². The molecular weight excluding hydrogens is 470 g/mol. The molecule has 7 nitrogen and oxygen atoms in total. The van der Waals surface area contributed by atoms with E-state index in [0.29, 0.717) is 11.5 Å². The summed E-state index contributed by atoms with van der Waals surface area (Å²) in [5.74, 6) is 1.26. The molecule has 2 heterocycles. The number of rotatable bonds is 9. The Hall–Kier alpha value is -2.92. The molecule has 4 aromatic rings. The van der Waals surface area contributed by atoms with Crippen molar-refractivity contribution in [2.75, 3.05) is 6.54 Å². The Bertz CT molecular complexity index is 1350. The van der Waals surface area contributed by atoms with Crippen molar-refractivity contribution in [1.29, 1.82) is 0 Å². The second-order valence-corrected chi connectivity index (χ2v) is 11.8. The maximum Gasteiger partial charge on any atom is 0.240 e. The van der Waals surface area contributed by atoms with Gasteiger partial charge in [-0.3, -0.25) is 0 Å². The van der Waals surface area contributed by atoms with Gasteiger partial charge in [-0.05, 0) is 60.0 Å². The molecule has 2 aromatic carbocycles. The summed E-state index contributed by atoms with van der Waals surface area (Å²) in [6.07, 6.45) is 1.35. The number of para-hydroxylation sites is 1. The highest BCUT2D eigenvalue weighted by atomic mass is 32.2. The van der Waals surface area contributed by atoms with Crippen LogP contribution in [0.5, 0.6) is 11.5 Å². The van der Waals surface area contributed by atoms with Crippen LogP contribution in [0.3, 0.4) is 0 Å². The van der Waals surface area contributed by atoms with E-state index in [1.807, 2.05) is 18.2 Å². The van der Waals surface area contributed by atoms with Gasteiger partial charge < -0.3 is 9.15 Å². The lowest BCUT2D eigenvalue weighted by Crippen LogP contribution is -2.31. The van der Waals surface area contributed by atoms with Gasteiger partial charge in [0.1, 0.15) is 26.7 Å². The molecule has 0 radical (unpaired) electrons. The molecule has 0 spiro atoms. The van der Waals surface area contributed by atoms with E-state index in [1.165, 1.54) is 42.7 Å². The average Bonchev–Trinajstić information content (AvgIpc) is 3.50. The van der Waals surface area contributed by atoms with Crippen molar-refractivity contribution in [3.05, 3.63) is 96.3 Å². The Morgan fingerprint density at radius 2 is 1.56 bits per heavy atom. The summed E-state index contributed by atoms with van der Waals surface area (Å²) in [4.78, 5) is -0.00960. The molecule has 0 aliphatic heterocycles. The van der Waals surface area contributed by atoms with Gasteiger partial charge >= 0.3 is 0 Å². The minimum Gasteiger partial charge on any atom is -0.468 e. The van der Waals surface area contributed by atoms with Gasteiger partial charge in [0.2, 0.25) is 10.0 Å². The number of hydrogen-bond donors (Lipinski definition) is 1. The lowest BCUT2D eigenvalue weighted by molar-refractivity contribution is 0.482. The van der Waals surface area contributed by atoms with Crippen molar-refractivity contribution in [2.24, 2.45) is 0 Å². The number of benzene rings is 2. The van der Waals surface area contributed by atoms with Crippen LogP contribution in [-0.4, -0.2) is 23.4 Å². The summed E-state index contributed by atoms with van der Waals surface area (Å²) >= 11 is 1.07. The number of sulfonamides is 1. The fraction of sp³-hybridized carbons (Fsp3) is 0.0909. The molecule has 1 N–H and O–H groups in total. The highest BCUT2D eigenvalue weighted by Gasteiger charge is 2.33. The third kappa shape index (κ3) is 4.94. The molecule has 1 atom stereocenters. The second-order valence-electron chi connectivity index (χ2n) is 6.72. The standard InChI is InChI=1S/C22H19NO6S3/c24-31(25,22-9-5-15-30-22)21(20-8-4-14-28-20)16-23-32(26,27)19-12-10-18(11-13-19)29-17-6-2-1-3-7-17/h1-15,21,23H,16H2/t21-/m0/s1. The van der Waals surface area contributed by atoms with Gasteiger partial charge in [-0.25, -0.2) is 21.6 Å². The van der Waals surface area contributed by atoms with Crippen molar-refractivity contribution < 1.29 is 26.0 Å². The molecule has 0 aliphatic carbocycles. The lowest BCUT2D eigenvalue weighted by atomic mass is 10.3. The number of hydrogen-bond acceptors (Lipinski definition) is 7. The van der Waals surface area contributed by atoms with Crippen molar-refractivity contribution in [3.63, 3.8) is 0 Å². The zero-order valence-corrected chi connectivity index (χ0v) is 19.1. The summed E-state index contributed by atoms with van der Waals surface area (Å²) in [6.45, 7) is -0.377. The van der Waals surface area contributed by atoms with Crippen molar-refractivity contribution in [3.8, 4) is 11.5 Å².